The number of aromatic nitrogens is 2. The molecule has 0 radical (unpaired) electrons. The van der Waals surface area contributed by atoms with E-state index < -0.39 is 0 Å². The van der Waals surface area contributed by atoms with E-state index >= 15 is 0 Å². The summed E-state index contributed by atoms with van der Waals surface area (Å²) in [5.74, 6) is -0.171. The lowest BCUT2D eigenvalue weighted by atomic mass is 10.3. The molecule has 1 aliphatic heterocycles. The Morgan fingerprint density at radius 2 is 1.90 bits per heavy atom. The number of rotatable bonds is 1. The highest BCUT2D eigenvalue weighted by atomic mass is 16.2. The molecular weight excluding hydrogens is 256 g/mol. The number of hydrogen-bond donors (Lipinski definition) is 1. The highest BCUT2D eigenvalue weighted by Crippen LogP contribution is 2.17. The van der Waals surface area contributed by atoms with Crippen LogP contribution in [0.1, 0.15) is 22.3 Å². The molecule has 20 heavy (non-hydrogen) atoms. The first-order chi connectivity index (χ1) is 9.68. The van der Waals surface area contributed by atoms with Gasteiger partial charge in [0.2, 0.25) is 11.7 Å². The first-order valence-electron chi connectivity index (χ1n) is 6.67. The number of carbonyl (C=O) groups excluding carboxylic acids is 2. The summed E-state index contributed by atoms with van der Waals surface area (Å²) in [5, 5.41) is 3.20. The lowest BCUT2D eigenvalue weighted by Crippen LogP contribution is -2.47. The van der Waals surface area contributed by atoms with Crippen molar-refractivity contribution in [3.05, 3.63) is 30.1 Å². The van der Waals surface area contributed by atoms with E-state index in [0.717, 1.165) is 13.1 Å². The lowest BCUT2D eigenvalue weighted by molar-refractivity contribution is 0.0708. The molecule has 0 aliphatic carbocycles. The maximum atomic E-state index is 12.6. The molecule has 0 unspecified atom stereocenters. The van der Waals surface area contributed by atoms with Crippen LogP contribution in [-0.4, -0.2) is 52.4 Å². The van der Waals surface area contributed by atoms with Crippen LogP contribution in [0.2, 0.25) is 0 Å². The molecule has 2 aromatic rings. The monoisotopic (exact) mass is 272 g/mol. The lowest BCUT2D eigenvalue weighted by Gasteiger charge is -2.27. The highest BCUT2D eigenvalue weighted by molar-refractivity contribution is 6.01. The molecule has 6 heteroatoms. The van der Waals surface area contributed by atoms with Crippen LogP contribution in [0.25, 0.3) is 11.0 Å². The van der Waals surface area contributed by atoms with E-state index in [0.29, 0.717) is 24.1 Å². The topological polar surface area (TPSA) is 67.2 Å². The van der Waals surface area contributed by atoms with Gasteiger partial charge in [-0.2, -0.15) is 0 Å². The number of fused-ring (bicyclic) bond motifs is 1. The van der Waals surface area contributed by atoms with E-state index in [2.05, 4.69) is 10.3 Å². The van der Waals surface area contributed by atoms with Gasteiger partial charge in [-0.15, -0.1) is 0 Å². The Morgan fingerprint density at radius 1 is 1.20 bits per heavy atom. The maximum Gasteiger partial charge on any atom is 0.290 e. The van der Waals surface area contributed by atoms with E-state index in [1.54, 1.807) is 11.0 Å². The Balaban J connectivity index is 2.08. The third-order valence-electron chi connectivity index (χ3n) is 3.47. The number of nitrogens with zero attached hydrogens (tertiary/aromatic N) is 3. The van der Waals surface area contributed by atoms with E-state index in [9.17, 15) is 9.59 Å². The predicted octanol–water partition coefficient (Wildman–Crippen LogP) is 0.742. The number of piperazine rings is 1. The molecule has 1 aromatic heterocycles. The minimum Gasteiger partial charge on any atom is -0.333 e. The molecule has 0 atom stereocenters. The van der Waals surface area contributed by atoms with Crippen LogP contribution in [0.15, 0.2) is 24.3 Å². The van der Waals surface area contributed by atoms with Gasteiger partial charge in [-0.05, 0) is 12.1 Å². The van der Waals surface area contributed by atoms with Crippen molar-refractivity contribution in [2.24, 2.45) is 0 Å². The van der Waals surface area contributed by atoms with Gasteiger partial charge in [-0.3, -0.25) is 14.2 Å². The van der Waals surface area contributed by atoms with E-state index in [1.165, 1.54) is 11.5 Å². The summed E-state index contributed by atoms with van der Waals surface area (Å²) in [5.41, 5.74) is 1.35. The third-order valence-corrected chi connectivity index (χ3v) is 3.47. The van der Waals surface area contributed by atoms with Gasteiger partial charge in [0.25, 0.3) is 5.91 Å². The second-order valence-corrected chi connectivity index (χ2v) is 4.82. The van der Waals surface area contributed by atoms with Crippen molar-refractivity contribution < 1.29 is 9.59 Å². The fourth-order valence-electron chi connectivity index (χ4n) is 2.50. The van der Waals surface area contributed by atoms with E-state index in [1.807, 2.05) is 18.2 Å². The van der Waals surface area contributed by atoms with Crippen LogP contribution < -0.4 is 5.32 Å². The number of hydrogen-bond acceptors (Lipinski definition) is 4. The van der Waals surface area contributed by atoms with Gasteiger partial charge in [0.05, 0.1) is 11.0 Å². The molecule has 0 bridgehead atoms. The zero-order valence-corrected chi connectivity index (χ0v) is 11.3. The van der Waals surface area contributed by atoms with Crippen LogP contribution in [0.4, 0.5) is 0 Å². The van der Waals surface area contributed by atoms with Crippen molar-refractivity contribution in [3.8, 4) is 0 Å². The van der Waals surface area contributed by atoms with Gasteiger partial charge in [-0.25, -0.2) is 4.98 Å². The summed E-state index contributed by atoms with van der Waals surface area (Å²) in [4.78, 5) is 30.5. The fraction of sp³-hybridized carbons (Fsp3) is 0.357. The quantitative estimate of drug-likeness (QED) is 0.831. The number of amides is 1. The molecule has 2 heterocycles. The Kier molecular flexibility index (Phi) is 3.23. The van der Waals surface area contributed by atoms with Gasteiger partial charge in [0.15, 0.2) is 0 Å². The molecule has 104 valence electrons. The Hall–Kier alpha value is -2.21. The molecule has 1 amide bonds. The van der Waals surface area contributed by atoms with Crippen molar-refractivity contribution in [2.45, 2.75) is 6.92 Å². The minimum absolute atomic E-state index is 0.182. The van der Waals surface area contributed by atoms with Crippen LogP contribution in [-0.2, 0) is 0 Å². The second-order valence-electron chi connectivity index (χ2n) is 4.82. The highest BCUT2D eigenvalue weighted by Gasteiger charge is 2.25. The summed E-state index contributed by atoms with van der Waals surface area (Å²) in [7, 11) is 0. The average molecular weight is 272 g/mol. The number of para-hydroxylation sites is 2. The zero-order valence-electron chi connectivity index (χ0n) is 11.3. The predicted molar refractivity (Wildman–Crippen MR) is 74.8 cm³/mol. The summed E-state index contributed by atoms with van der Waals surface area (Å²) >= 11 is 0. The summed E-state index contributed by atoms with van der Waals surface area (Å²) < 4.78 is 1.40. The average Bonchev–Trinajstić information content (AvgIpc) is 2.86. The smallest absolute Gasteiger partial charge is 0.290 e. The van der Waals surface area contributed by atoms with Crippen LogP contribution in [0.5, 0.6) is 0 Å². The molecule has 0 saturated carbocycles. The van der Waals surface area contributed by atoms with Gasteiger partial charge in [0.1, 0.15) is 0 Å². The van der Waals surface area contributed by atoms with Crippen molar-refractivity contribution >= 4 is 22.8 Å². The molecule has 3 rings (SSSR count). The molecule has 1 fully saturated rings. The van der Waals surface area contributed by atoms with Gasteiger partial charge in [0, 0.05) is 33.1 Å². The van der Waals surface area contributed by atoms with Crippen molar-refractivity contribution in [3.63, 3.8) is 0 Å². The number of benzene rings is 1. The zero-order chi connectivity index (χ0) is 14.1. The van der Waals surface area contributed by atoms with Gasteiger partial charge < -0.3 is 10.2 Å². The van der Waals surface area contributed by atoms with Crippen LogP contribution in [0.3, 0.4) is 0 Å². The molecule has 6 nitrogen and oxygen atoms in total. The van der Waals surface area contributed by atoms with Gasteiger partial charge in [-0.1, -0.05) is 12.1 Å². The van der Waals surface area contributed by atoms with Crippen LogP contribution >= 0.6 is 0 Å². The first-order valence-corrected chi connectivity index (χ1v) is 6.67. The second kappa shape index (κ2) is 5.05. The standard InChI is InChI=1S/C14H16N4O2/c1-10(19)18-12-5-3-2-4-11(12)16-13(18)14(20)17-8-6-15-7-9-17/h2-5,15H,6-9H2,1H3. The Labute approximate surface area is 116 Å². The van der Waals surface area contributed by atoms with E-state index in [4.69, 9.17) is 0 Å². The number of carbonyl (C=O) groups is 2. The molecule has 0 spiro atoms. The summed E-state index contributed by atoms with van der Waals surface area (Å²) in [6.45, 7) is 4.26. The number of imidazole rings is 1. The summed E-state index contributed by atoms with van der Waals surface area (Å²) in [6.07, 6.45) is 0. The van der Waals surface area contributed by atoms with E-state index in [-0.39, 0.29) is 17.6 Å². The minimum atomic E-state index is -0.197. The first kappa shape index (κ1) is 12.8. The SMILES string of the molecule is CC(=O)n1c(C(=O)N2CCNCC2)nc2ccccc21. The molecule has 1 N–H and O–H groups in total. The molecule has 1 saturated heterocycles. The van der Waals surface area contributed by atoms with Crippen molar-refractivity contribution in [1.82, 2.24) is 19.8 Å². The molecule has 1 aromatic carbocycles. The normalized spacial score (nSPS) is 15.6. The largest absolute Gasteiger partial charge is 0.333 e. The maximum absolute atomic E-state index is 12.6. The Bertz CT molecular complexity index is 671. The van der Waals surface area contributed by atoms with Crippen molar-refractivity contribution in [1.29, 1.82) is 0 Å². The Morgan fingerprint density at radius 3 is 2.60 bits per heavy atom. The molecular formula is C14H16N4O2. The van der Waals surface area contributed by atoms with Gasteiger partial charge >= 0.3 is 0 Å². The summed E-state index contributed by atoms with van der Waals surface area (Å²) in [6, 6.07) is 7.29. The fourth-order valence-corrected chi connectivity index (χ4v) is 2.50. The number of nitrogens with one attached hydrogen (secondary N) is 1. The third kappa shape index (κ3) is 2.08. The van der Waals surface area contributed by atoms with Crippen LogP contribution in [0, 0.1) is 0 Å². The molecule has 1 aliphatic rings. The van der Waals surface area contributed by atoms with Crippen molar-refractivity contribution in [2.75, 3.05) is 26.2 Å².